The Hall–Kier alpha value is -0.770. The van der Waals surface area contributed by atoms with Crippen molar-refractivity contribution in [2.75, 3.05) is 6.54 Å². The van der Waals surface area contributed by atoms with E-state index in [1.54, 1.807) is 0 Å². The molecule has 2 atom stereocenters. The van der Waals surface area contributed by atoms with E-state index >= 15 is 0 Å². The Morgan fingerprint density at radius 2 is 2.10 bits per heavy atom. The molecule has 1 aromatic rings. The van der Waals surface area contributed by atoms with E-state index in [0.29, 0.717) is 22.5 Å². The smallest absolute Gasteiger partial charge is 0.220 e. The van der Waals surface area contributed by atoms with Crippen LogP contribution in [0.15, 0.2) is 18.2 Å². The van der Waals surface area contributed by atoms with Crippen molar-refractivity contribution in [2.45, 2.75) is 50.7 Å². The second-order valence-corrected chi connectivity index (χ2v) is 6.74. The highest BCUT2D eigenvalue weighted by Gasteiger charge is 2.35. The van der Waals surface area contributed by atoms with E-state index in [2.05, 4.69) is 10.2 Å². The van der Waals surface area contributed by atoms with Crippen LogP contribution in [0.2, 0.25) is 10.0 Å². The average molecular weight is 327 g/mol. The zero-order valence-corrected chi connectivity index (χ0v) is 13.5. The number of rotatable bonds is 2. The molecule has 21 heavy (non-hydrogen) atoms. The van der Waals surface area contributed by atoms with Gasteiger partial charge in [0.25, 0.3) is 0 Å². The quantitative estimate of drug-likeness (QED) is 0.900. The predicted octanol–water partition coefficient (Wildman–Crippen LogP) is 3.63. The zero-order chi connectivity index (χ0) is 14.8. The first-order chi connectivity index (χ1) is 10.1. The molecule has 2 heterocycles. The SMILES string of the molecule is O=C1CCCC[C@@H]2[C@H](CCN2Cc2cccc(Cl)c2Cl)N1. The van der Waals surface area contributed by atoms with Crippen LogP contribution >= 0.6 is 23.2 Å². The monoisotopic (exact) mass is 326 g/mol. The van der Waals surface area contributed by atoms with Crippen molar-refractivity contribution in [2.24, 2.45) is 0 Å². The number of benzene rings is 1. The second-order valence-electron chi connectivity index (χ2n) is 5.96. The molecule has 0 aliphatic carbocycles. The summed E-state index contributed by atoms with van der Waals surface area (Å²) in [6, 6.07) is 6.50. The van der Waals surface area contributed by atoms with Gasteiger partial charge < -0.3 is 5.32 Å². The van der Waals surface area contributed by atoms with Gasteiger partial charge in [-0.05, 0) is 30.9 Å². The van der Waals surface area contributed by atoms with E-state index < -0.39 is 0 Å². The van der Waals surface area contributed by atoms with E-state index in [1.165, 1.54) is 0 Å². The van der Waals surface area contributed by atoms with Crippen LogP contribution in [-0.2, 0) is 11.3 Å². The van der Waals surface area contributed by atoms with Crippen LogP contribution in [0, 0.1) is 0 Å². The van der Waals surface area contributed by atoms with E-state index in [0.717, 1.165) is 44.3 Å². The van der Waals surface area contributed by atoms with Gasteiger partial charge in [0.15, 0.2) is 0 Å². The molecule has 1 N–H and O–H groups in total. The molecule has 0 spiro atoms. The third kappa shape index (κ3) is 3.36. The number of halogens is 2. The number of hydrogen-bond acceptors (Lipinski definition) is 2. The fourth-order valence-corrected chi connectivity index (χ4v) is 3.85. The molecule has 1 amide bonds. The first-order valence-corrected chi connectivity index (χ1v) is 8.37. The molecule has 0 radical (unpaired) electrons. The lowest BCUT2D eigenvalue weighted by atomic mass is 9.98. The van der Waals surface area contributed by atoms with Crippen LogP contribution < -0.4 is 5.32 Å². The molecule has 114 valence electrons. The Morgan fingerprint density at radius 3 is 2.95 bits per heavy atom. The molecule has 0 aromatic heterocycles. The molecule has 0 unspecified atom stereocenters. The molecule has 3 rings (SSSR count). The number of fused-ring (bicyclic) bond motifs is 1. The number of nitrogens with one attached hydrogen (secondary N) is 1. The van der Waals surface area contributed by atoms with Crippen molar-refractivity contribution in [1.82, 2.24) is 10.2 Å². The molecule has 2 aliphatic heterocycles. The first kappa shape index (κ1) is 15.1. The van der Waals surface area contributed by atoms with Gasteiger partial charge in [0, 0.05) is 31.6 Å². The molecule has 5 heteroatoms. The van der Waals surface area contributed by atoms with Crippen molar-refractivity contribution in [3.05, 3.63) is 33.8 Å². The van der Waals surface area contributed by atoms with Crippen molar-refractivity contribution in [3.63, 3.8) is 0 Å². The highest BCUT2D eigenvalue weighted by Crippen LogP contribution is 2.31. The van der Waals surface area contributed by atoms with Crippen LogP contribution in [0.4, 0.5) is 0 Å². The fraction of sp³-hybridized carbons (Fsp3) is 0.562. The largest absolute Gasteiger partial charge is 0.352 e. The number of nitrogens with zero attached hydrogens (tertiary/aromatic N) is 1. The number of carbonyl (C=O) groups excluding carboxylic acids is 1. The van der Waals surface area contributed by atoms with Gasteiger partial charge in [-0.1, -0.05) is 41.8 Å². The number of hydrogen-bond donors (Lipinski definition) is 1. The van der Waals surface area contributed by atoms with Gasteiger partial charge in [0.1, 0.15) is 0 Å². The molecule has 2 aliphatic rings. The summed E-state index contributed by atoms with van der Waals surface area (Å²) in [5.74, 6) is 0.201. The molecular formula is C16H20Cl2N2O. The van der Waals surface area contributed by atoms with Crippen LogP contribution in [0.3, 0.4) is 0 Å². The van der Waals surface area contributed by atoms with E-state index in [-0.39, 0.29) is 11.9 Å². The number of carbonyl (C=O) groups is 1. The Kier molecular flexibility index (Phi) is 4.72. The van der Waals surface area contributed by atoms with Crippen LogP contribution in [-0.4, -0.2) is 29.4 Å². The predicted molar refractivity (Wildman–Crippen MR) is 85.7 cm³/mol. The van der Waals surface area contributed by atoms with E-state index in [9.17, 15) is 4.79 Å². The summed E-state index contributed by atoms with van der Waals surface area (Å²) < 4.78 is 0. The van der Waals surface area contributed by atoms with Crippen molar-refractivity contribution < 1.29 is 4.79 Å². The average Bonchev–Trinajstić information content (AvgIpc) is 2.79. The summed E-state index contributed by atoms with van der Waals surface area (Å²) in [6.07, 6.45) is 4.94. The molecule has 0 bridgehead atoms. The maximum Gasteiger partial charge on any atom is 0.220 e. The Balaban J connectivity index is 1.74. The van der Waals surface area contributed by atoms with E-state index in [1.807, 2.05) is 18.2 Å². The third-order valence-electron chi connectivity index (χ3n) is 4.57. The van der Waals surface area contributed by atoms with Gasteiger partial charge in [0.05, 0.1) is 10.0 Å². The van der Waals surface area contributed by atoms with Gasteiger partial charge in [-0.3, -0.25) is 9.69 Å². The van der Waals surface area contributed by atoms with Crippen molar-refractivity contribution >= 4 is 29.1 Å². The summed E-state index contributed by atoms with van der Waals surface area (Å²) in [4.78, 5) is 14.2. The van der Waals surface area contributed by atoms with Crippen molar-refractivity contribution in [1.29, 1.82) is 0 Å². The minimum Gasteiger partial charge on any atom is -0.352 e. The molecule has 3 nitrogen and oxygen atoms in total. The summed E-state index contributed by atoms with van der Waals surface area (Å²) in [5, 5.41) is 4.44. The fourth-order valence-electron chi connectivity index (χ4n) is 3.47. The van der Waals surface area contributed by atoms with Gasteiger partial charge in [-0.25, -0.2) is 0 Å². The Morgan fingerprint density at radius 1 is 1.24 bits per heavy atom. The number of likely N-dealkylation sites (tertiary alicyclic amines) is 1. The van der Waals surface area contributed by atoms with Crippen molar-refractivity contribution in [3.8, 4) is 0 Å². The van der Waals surface area contributed by atoms with Gasteiger partial charge in [-0.2, -0.15) is 0 Å². The third-order valence-corrected chi connectivity index (χ3v) is 5.42. The summed E-state index contributed by atoms with van der Waals surface area (Å²) in [7, 11) is 0. The van der Waals surface area contributed by atoms with Gasteiger partial charge in [0.2, 0.25) is 5.91 Å². The first-order valence-electron chi connectivity index (χ1n) is 7.61. The maximum absolute atomic E-state index is 11.8. The Bertz CT molecular complexity index is 535. The zero-order valence-electron chi connectivity index (χ0n) is 11.9. The lowest BCUT2D eigenvalue weighted by molar-refractivity contribution is -0.122. The van der Waals surface area contributed by atoms with Gasteiger partial charge >= 0.3 is 0 Å². The summed E-state index contributed by atoms with van der Waals surface area (Å²) >= 11 is 12.4. The highest BCUT2D eigenvalue weighted by atomic mass is 35.5. The van der Waals surface area contributed by atoms with E-state index in [4.69, 9.17) is 23.2 Å². The Labute approximate surface area is 135 Å². The number of amides is 1. The standard InChI is InChI=1S/C16H20Cl2N2O/c17-12-5-3-4-11(16(12)18)10-20-9-8-13-14(20)6-1-2-7-15(21)19-13/h3-5,13-14H,1-2,6-10H2,(H,19,21)/t13-,14+/m0/s1. The molecule has 2 fully saturated rings. The lowest BCUT2D eigenvalue weighted by Gasteiger charge is -2.30. The maximum atomic E-state index is 11.8. The second kappa shape index (κ2) is 6.55. The lowest BCUT2D eigenvalue weighted by Crippen LogP contribution is -2.45. The summed E-state index contributed by atoms with van der Waals surface area (Å²) in [6.45, 7) is 1.80. The van der Waals surface area contributed by atoms with Crippen LogP contribution in [0.1, 0.15) is 37.7 Å². The van der Waals surface area contributed by atoms with Gasteiger partial charge in [-0.15, -0.1) is 0 Å². The van der Waals surface area contributed by atoms with Crippen LogP contribution in [0.25, 0.3) is 0 Å². The summed E-state index contributed by atoms with van der Waals surface area (Å²) in [5.41, 5.74) is 1.07. The molecular weight excluding hydrogens is 307 g/mol. The molecule has 2 saturated heterocycles. The molecule has 0 saturated carbocycles. The normalized spacial score (nSPS) is 26.9. The minimum atomic E-state index is 0.201. The topological polar surface area (TPSA) is 32.3 Å². The van der Waals surface area contributed by atoms with Crippen LogP contribution in [0.5, 0.6) is 0 Å². The minimum absolute atomic E-state index is 0.201. The molecule has 1 aromatic carbocycles. The highest BCUT2D eigenvalue weighted by molar-refractivity contribution is 6.42.